The average molecular weight is 240 g/mol. The van der Waals surface area contributed by atoms with Crippen LogP contribution in [0.1, 0.15) is 25.0 Å². The minimum atomic E-state index is -0.611. The normalized spacial score (nSPS) is 14.4. The number of aliphatic hydroxyl groups is 3. The fraction of sp³-hybridized carbons (Fsp3) is 0.538. The van der Waals surface area contributed by atoms with Gasteiger partial charge in [0.05, 0.1) is 12.7 Å². The van der Waals surface area contributed by atoms with Gasteiger partial charge in [-0.25, -0.2) is 0 Å². The van der Waals surface area contributed by atoms with E-state index in [1.165, 1.54) is 0 Å². The summed E-state index contributed by atoms with van der Waals surface area (Å²) in [6, 6.07) is 7.16. The Morgan fingerprint density at radius 2 is 2.00 bits per heavy atom. The maximum absolute atomic E-state index is 10.1. The summed E-state index contributed by atoms with van der Waals surface area (Å²) in [4.78, 5) is 0. The molecule has 1 aromatic rings. The molecule has 0 unspecified atom stereocenters. The van der Waals surface area contributed by atoms with Crippen LogP contribution in [0, 0.1) is 5.92 Å². The van der Waals surface area contributed by atoms with Crippen molar-refractivity contribution in [2.24, 2.45) is 5.92 Å². The second-order valence-electron chi connectivity index (χ2n) is 4.08. The van der Waals surface area contributed by atoms with Crippen LogP contribution in [-0.2, 0) is 0 Å². The van der Waals surface area contributed by atoms with E-state index in [1.807, 2.05) is 13.0 Å². The lowest BCUT2D eigenvalue weighted by Gasteiger charge is -2.18. The zero-order chi connectivity index (χ0) is 12.7. The second-order valence-corrected chi connectivity index (χ2v) is 4.08. The molecule has 17 heavy (non-hydrogen) atoms. The maximum atomic E-state index is 10.1. The van der Waals surface area contributed by atoms with Crippen molar-refractivity contribution in [3.05, 3.63) is 29.8 Å². The second kappa shape index (κ2) is 7.27. The van der Waals surface area contributed by atoms with Crippen LogP contribution in [-0.4, -0.2) is 35.1 Å². The van der Waals surface area contributed by atoms with Crippen LogP contribution in [0.25, 0.3) is 0 Å². The molecule has 4 heteroatoms. The van der Waals surface area contributed by atoms with Crippen molar-refractivity contribution in [1.29, 1.82) is 0 Å². The predicted octanol–water partition coefficient (Wildman–Crippen LogP) is 1.11. The van der Waals surface area contributed by atoms with Crippen molar-refractivity contribution in [2.75, 3.05) is 19.8 Å². The highest BCUT2D eigenvalue weighted by Gasteiger charge is 2.16. The topological polar surface area (TPSA) is 69.9 Å². The van der Waals surface area contributed by atoms with Crippen LogP contribution >= 0.6 is 0 Å². The largest absolute Gasteiger partial charge is 0.491 e. The monoisotopic (exact) mass is 240 g/mol. The Labute approximate surface area is 101 Å². The lowest BCUT2D eigenvalue weighted by molar-refractivity contribution is 0.0987. The van der Waals surface area contributed by atoms with Gasteiger partial charge in [0.15, 0.2) is 0 Å². The Bertz CT molecular complexity index is 327. The Morgan fingerprint density at radius 1 is 1.24 bits per heavy atom. The lowest BCUT2D eigenvalue weighted by atomic mass is 9.95. The van der Waals surface area contributed by atoms with E-state index in [0.29, 0.717) is 12.2 Å². The molecule has 0 spiro atoms. The zero-order valence-electron chi connectivity index (χ0n) is 10.0. The standard InChI is InChI=1S/C13H20O4/c1-10(5-6-14)13(16)11-3-2-4-12(9-11)17-8-7-15/h2-4,9-10,13-16H,5-8H2,1H3/t10-,13-/m1/s1. The number of hydrogen-bond donors (Lipinski definition) is 3. The molecular weight excluding hydrogens is 220 g/mol. The maximum Gasteiger partial charge on any atom is 0.119 e. The molecule has 96 valence electrons. The lowest BCUT2D eigenvalue weighted by Crippen LogP contribution is -2.11. The first-order valence-electron chi connectivity index (χ1n) is 5.81. The highest BCUT2D eigenvalue weighted by molar-refractivity contribution is 5.30. The Morgan fingerprint density at radius 3 is 2.65 bits per heavy atom. The number of aliphatic hydroxyl groups excluding tert-OH is 3. The van der Waals surface area contributed by atoms with E-state index in [1.54, 1.807) is 18.2 Å². The molecular formula is C13H20O4. The predicted molar refractivity (Wildman–Crippen MR) is 64.8 cm³/mol. The molecule has 0 aliphatic carbocycles. The van der Waals surface area contributed by atoms with Crippen LogP contribution in [0.15, 0.2) is 24.3 Å². The molecule has 0 amide bonds. The first kappa shape index (κ1) is 14.0. The SMILES string of the molecule is C[C@H](CCO)[C@@H](O)c1cccc(OCCO)c1. The minimum absolute atomic E-state index is 0.00640. The summed E-state index contributed by atoms with van der Waals surface area (Å²) < 4.78 is 5.28. The van der Waals surface area contributed by atoms with Crippen molar-refractivity contribution in [1.82, 2.24) is 0 Å². The molecule has 0 aromatic heterocycles. The molecule has 0 aliphatic rings. The van der Waals surface area contributed by atoms with Crippen LogP contribution in [0.3, 0.4) is 0 Å². The molecule has 3 N–H and O–H groups in total. The van der Waals surface area contributed by atoms with Crippen LogP contribution in [0.2, 0.25) is 0 Å². The number of hydrogen-bond acceptors (Lipinski definition) is 4. The molecule has 0 aliphatic heterocycles. The number of rotatable bonds is 7. The Hall–Kier alpha value is -1.10. The number of ether oxygens (including phenoxy) is 1. The van der Waals surface area contributed by atoms with Gasteiger partial charge in [-0.2, -0.15) is 0 Å². The molecule has 1 rings (SSSR count). The van der Waals surface area contributed by atoms with Crippen molar-refractivity contribution >= 4 is 0 Å². The van der Waals surface area contributed by atoms with E-state index >= 15 is 0 Å². The van der Waals surface area contributed by atoms with Gasteiger partial charge in [-0.1, -0.05) is 19.1 Å². The van der Waals surface area contributed by atoms with E-state index in [-0.39, 0.29) is 25.7 Å². The third kappa shape index (κ3) is 4.34. The molecule has 2 atom stereocenters. The molecule has 0 fully saturated rings. The average Bonchev–Trinajstić information content (AvgIpc) is 2.36. The van der Waals surface area contributed by atoms with Gasteiger partial charge in [-0.3, -0.25) is 0 Å². The smallest absolute Gasteiger partial charge is 0.119 e. The van der Waals surface area contributed by atoms with Gasteiger partial charge in [0.1, 0.15) is 12.4 Å². The highest BCUT2D eigenvalue weighted by Crippen LogP contribution is 2.26. The first-order valence-corrected chi connectivity index (χ1v) is 5.81. The number of benzene rings is 1. The van der Waals surface area contributed by atoms with E-state index in [9.17, 15) is 5.11 Å². The van der Waals surface area contributed by atoms with E-state index in [4.69, 9.17) is 14.9 Å². The van der Waals surface area contributed by atoms with Crippen LogP contribution in [0.4, 0.5) is 0 Å². The van der Waals surface area contributed by atoms with Gasteiger partial charge in [-0.15, -0.1) is 0 Å². The molecule has 0 heterocycles. The summed E-state index contributed by atoms with van der Waals surface area (Å²) >= 11 is 0. The molecule has 0 saturated carbocycles. The Balaban J connectivity index is 2.69. The van der Waals surface area contributed by atoms with Crippen LogP contribution < -0.4 is 4.74 Å². The Kier molecular flexibility index (Phi) is 5.97. The van der Waals surface area contributed by atoms with Gasteiger partial charge >= 0.3 is 0 Å². The van der Waals surface area contributed by atoms with Crippen molar-refractivity contribution in [3.63, 3.8) is 0 Å². The summed E-state index contributed by atoms with van der Waals surface area (Å²) in [5.41, 5.74) is 0.765. The summed E-state index contributed by atoms with van der Waals surface area (Å²) in [6.07, 6.45) is -0.0528. The quantitative estimate of drug-likeness (QED) is 0.667. The van der Waals surface area contributed by atoms with Gasteiger partial charge in [0.2, 0.25) is 0 Å². The first-order chi connectivity index (χ1) is 8.19. The third-order valence-electron chi connectivity index (χ3n) is 2.68. The summed E-state index contributed by atoms with van der Waals surface area (Å²) in [5, 5.41) is 27.6. The minimum Gasteiger partial charge on any atom is -0.491 e. The molecule has 0 radical (unpaired) electrons. The van der Waals surface area contributed by atoms with Gasteiger partial charge in [0.25, 0.3) is 0 Å². The fourth-order valence-electron chi connectivity index (χ4n) is 1.64. The third-order valence-corrected chi connectivity index (χ3v) is 2.68. The molecule has 0 bridgehead atoms. The molecule has 1 aromatic carbocycles. The molecule has 0 saturated heterocycles. The van der Waals surface area contributed by atoms with Gasteiger partial charge in [0, 0.05) is 6.61 Å². The summed E-state index contributed by atoms with van der Waals surface area (Å²) in [7, 11) is 0. The zero-order valence-corrected chi connectivity index (χ0v) is 10.0. The van der Waals surface area contributed by atoms with E-state index in [0.717, 1.165) is 5.56 Å². The van der Waals surface area contributed by atoms with Gasteiger partial charge in [-0.05, 0) is 30.0 Å². The van der Waals surface area contributed by atoms with Crippen molar-refractivity contribution in [2.45, 2.75) is 19.4 Å². The molecule has 4 nitrogen and oxygen atoms in total. The summed E-state index contributed by atoms with van der Waals surface area (Å²) in [6.45, 7) is 2.17. The van der Waals surface area contributed by atoms with Crippen molar-refractivity contribution < 1.29 is 20.1 Å². The summed E-state index contributed by atoms with van der Waals surface area (Å²) in [5.74, 6) is 0.625. The van der Waals surface area contributed by atoms with Crippen molar-refractivity contribution in [3.8, 4) is 5.75 Å². The van der Waals surface area contributed by atoms with E-state index in [2.05, 4.69) is 0 Å². The van der Waals surface area contributed by atoms with Crippen LogP contribution in [0.5, 0.6) is 5.75 Å². The van der Waals surface area contributed by atoms with Gasteiger partial charge < -0.3 is 20.1 Å². The highest BCUT2D eigenvalue weighted by atomic mass is 16.5. The fourth-order valence-corrected chi connectivity index (χ4v) is 1.64. The van der Waals surface area contributed by atoms with E-state index < -0.39 is 6.10 Å².